The summed E-state index contributed by atoms with van der Waals surface area (Å²) in [4.78, 5) is 11.0. The Balaban J connectivity index is 2.93. The van der Waals surface area contributed by atoms with E-state index in [0.29, 0.717) is 0 Å². The number of hydrogen-bond donors (Lipinski definition) is 1. The van der Waals surface area contributed by atoms with Crippen LogP contribution >= 0.6 is 11.3 Å². The molecular weight excluding hydrogens is 146 g/mol. The quantitative estimate of drug-likeness (QED) is 0.653. The van der Waals surface area contributed by atoms with Gasteiger partial charge in [-0.25, -0.2) is 0 Å². The van der Waals surface area contributed by atoms with Gasteiger partial charge in [0.25, 0.3) is 5.91 Å². The first-order chi connectivity index (χ1) is 4.75. The molecule has 0 unspecified atom stereocenters. The lowest BCUT2D eigenvalue weighted by atomic mass is 10.2. The monoisotopic (exact) mass is 155 g/mol. The van der Waals surface area contributed by atoms with Gasteiger partial charge in [-0.1, -0.05) is 0 Å². The van der Waals surface area contributed by atoms with Crippen LogP contribution in [0.4, 0.5) is 0 Å². The van der Waals surface area contributed by atoms with Crippen LogP contribution in [-0.4, -0.2) is 13.0 Å². The Hall–Kier alpha value is -0.830. The zero-order chi connectivity index (χ0) is 7.56. The number of carbonyl (C=O) groups is 1. The maximum Gasteiger partial charge on any atom is 0.252 e. The number of aryl methyl sites for hydroxylation is 1. The molecule has 10 heavy (non-hydrogen) atoms. The van der Waals surface area contributed by atoms with E-state index in [9.17, 15) is 4.79 Å². The molecule has 0 aromatic carbocycles. The molecule has 0 aliphatic carbocycles. The van der Waals surface area contributed by atoms with Crippen LogP contribution < -0.4 is 5.32 Å². The topological polar surface area (TPSA) is 29.1 Å². The maximum atomic E-state index is 11.0. The lowest BCUT2D eigenvalue weighted by molar-refractivity contribution is 0.0963. The van der Waals surface area contributed by atoms with E-state index in [1.165, 1.54) is 0 Å². The van der Waals surface area contributed by atoms with Crippen molar-refractivity contribution >= 4 is 17.2 Å². The van der Waals surface area contributed by atoms with Crippen LogP contribution in [-0.2, 0) is 0 Å². The Kier molecular flexibility index (Phi) is 2.06. The minimum absolute atomic E-state index is 0.00116. The molecule has 0 aliphatic rings. The zero-order valence-electron chi connectivity index (χ0n) is 5.97. The van der Waals surface area contributed by atoms with Gasteiger partial charge in [-0.2, -0.15) is 11.3 Å². The molecule has 0 saturated heterocycles. The van der Waals surface area contributed by atoms with Gasteiger partial charge >= 0.3 is 0 Å². The van der Waals surface area contributed by atoms with Crippen molar-refractivity contribution in [2.75, 3.05) is 7.05 Å². The number of rotatable bonds is 1. The highest BCUT2D eigenvalue weighted by molar-refractivity contribution is 7.08. The Labute approximate surface area is 63.9 Å². The molecule has 3 heteroatoms. The van der Waals surface area contributed by atoms with E-state index in [1.807, 2.05) is 17.7 Å². The Morgan fingerprint density at radius 2 is 2.30 bits per heavy atom. The van der Waals surface area contributed by atoms with E-state index in [2.05, 4.69) is 5.32 Å². The first-order valence-electron chi connectivity index (χ1n) is 3.00. The summed E-state index contributed by atoms with van der Waals surface area (Å²) in [6.07, 6.45) is 0. The van der Waals surface area contributed by atoms with Gasteiger partial charge in [0.05, 0.1) is 5.56 Å². The van der Waals surface area contributed by atoms with E-state index in [1.54, 1.807) is 18.4 Å². The molecule has 54 valence electrons. The number of carbonyl (C=O) groups excluding carboxylic acids is 1. The van der Waals surface area contributed by atoms with E-state index < -0.39 is 0 Å². The van der Waals surface area contributed by atoms with Crippen molar-refractivity contribution in [2.45, 2.75) is 6.92 Å². The van der Waals surface area contributed by atoms with Crippen LogP contribution in [0.2, 0.25) is 0 Å². The van der Waals surface area contributed by atoms with Gasteiger partial charge in [-0.05, 0) is 17.9 Å². The molecule has 1 aromatic heterocycles. The van der Waals surface area contributed by atoms with Gasteiger partial charge in [0.2, 0.25) is 0 Å². The van der Waals surface area contributed by atoms with Gasteiger partial charge in [0.15, 0.2) is 0 Å². The summed E-state index contributed by atoms with van der Waals surface area (Å²) < 4.78 is 0. The number of amides is 1. The third-order valence-electron chi connectivity index (χ3n) is 1.33. The van der Waals surface area contributed by atoms with Crippen molar-refractivity contribution in [2.24, 2.45) is 0 Å². The van der Waals surface area contributed by atoms with Crippen LogP contribution in [0.15, 0.2) is 10.8 Å². The van der Waals surface area contributed by atoms with E-state index in [4.69, 9.17) is 0 Å². The third-order valence-corrected chi connectivity index (χ3v) is 2.19. The number of nitrogens with one attached hydrogen (secondary N) is 1. The highest BCUT2D eigenvalue weighted by atomic mass is 32.1. The second-order valence-electron chi connectivity index (χ2n) is 2.05. The molecule has 1 N–H and O–H groups in total. The molecule has 0 spiro atoms. The van der Waals surface area contributed by atoms with Crippen LogP contribution in [0, 0.1) is 6.92 Å². The molecule has 0 radical (unpaired) electrons. The molecule has 0 bridgehead atoms. The van der Waals surface area contributed by atoms with Crippen molar-refractivity contribution in [3.63, 3.8) is 0 Å². The molecule has 1 amide bonds. The van der Waals surface area contributed by atoms with Gasteiger partial charge in [0, 0.05) is 12.4 Å². The fraction of sp³-hybridized carbons (Fsp3) is 0.286. The summed E-state index contributed by atoms with van der Waals surface area (Å²) in [6, 6.07) is 0. The summed E-state index contributed by atoms with van der Waals surface area (Å²) in [6.45, 7) is 1.93. The SMILES string of the molecule is CNC(=O)c1cscc1C. The predicted molar refractivity (Wildman–Crippen MR) is 42.4 cm³/mol. The lowest BCUT2D eigenvalue weighted by Gasteiger charge is -1.95. The van der Waals surface area contributed by atoms with Gasteiger partial charge in [0.1, 0.15) is 0 Å². The van der Waals surface area contributed by atoms with Crippen LogP contribution in [0.1, 0.15) is 15.9 Å². The third kappa shape index (κ3) is 1.19. The normalized spacial score (nSPS) is 9.40. The van der Waals surface area contributed by atoms with Crippen molar-refractivity contribution in [3.8, 4) is 0 Å². The molecule has 0 atom stereocenters. The highest BCUT2D eigenvalue weighted by Crippen LogP contribution is 2.12. The zero-order valence-corrected chi connectivity index (χ0v) is 6.79. The smallest absolute Gasteiger partial charge is 0.252 e. The molecule has 2 nitrogen and oxygen atoms in total. The summed E-state index contributed by atoms with van der Waals surface area (Å²) in [5.74, 6) is -0.00116. The summed E-state index contributed by atoms with van der Waals surface area (Å²) >= 11 is 1.55. The van der Waals surface area contributed by atoms with Gasteiger partial charge in [-0.3, -0.25) is 4.79 Å². The highest BCUT2D eigenvalue weighted by Gasteiger charge is 2.05. The Morgan fingerprint density at radius 3 is 2.70 bits per heavy atom. The first kappa shape index (κ1) is 7.28. The van der Waals surface area contributed by atoms with Crippen LogP contribution in [0.5, 0.6) is 0 Å². The maximum absolute atomic E-state index is 11.0. The molecular formula is C7H9NOS. The van der Waals surface area contributed by atoms with Crippen molar-refractivity contribution in [1.29, 1.82) is 0 Å². The van der Waals surface area contributed by atoms with E-state index in [-0.39, 0.29) is 5.91 Å². The largest absolute Gasteiger partial charge is 0.355 e. The van der Waals surface area contributed by atoms with Crippen molar-refractivity contribution < 1.29 is 4.79 Å². The van der Waals surface area contributed by atoms with E-state index >= 15 is 0 Å². The van der Waals surface area contributed by atoms with E-state index in [0.717, 1.165) is 11.1 Å². The summed E-state index contributed by atoms with van der Waals surface area (Å²) in [5, 5.41) is 6.39. The molecule has 0 fully saturated rings. The molecule has 0 aliphatic heterocycles. The minimum atomic E-state index is -0.00116. The Bertz CT molecular complexity index is 242. The number of thiophene rings is 1. The fourth-order valence-corrected chi connectivity index (χ4v) is 1.56. The van der Waals surface area contributed by atoms with Crippen LogP contribution in [0.25, 0.3) is 0 Å². The lowest BCUT2D eigenvalue weighted by Crippen LogP contribution is -2.17. The second kappa shape index (κ2) is 2.84. The molecule has 1 heterocycles. The predicted octanol–water partition coefficient (Wildman–Crippen LogP) is 1.42. The van der Waals surface area contributed by atoms with Gasteiger partial charge < -0.3 is 5.32 Å². The molecule has 0 saturated carbocycles. The average Bonchev–Trinajstić information content (AvgIpc) is 2.34. The van der Waals surface area contributed by atoms with Crippen LogP contribution in [0.3, 0.4) is 0 Å². The second-order valence-corrected chi connectivity index (χ2v) is 2.79. The summed E-state index contributed by atoms with van der Waals surface area (Å²) in [7, 11) is 1.64. The molecule has 1 rings (SSSR count). The average molecular weight is 155 g/mol. The summed E-state index contributed by atoms with van der Waals surface area (Å²) in [5.41, 5.74) is 1.83. The van der Waals surface area contributed by atoms with Crippen molar-refractivity contribution in [1.82, 2.24) is 5.32 Å². The molecule has 1 aromatic rings. The number of hydrogen-bond acceptors (Lipinski definition) is 2. The minimum Gasteiger partial charge on any atom is -0.355 e. The first-order valence-corrected chi connectivity index (χ1v) is 3.95. The van der Waals surface area contributed by atoms with Crippen molar-refractivity contribution in [3.05, 3.63) is 21.9 Å². The fourth-order valence-electron chi connectivity index (χ4n) is 0.728. The standard InChI is InChI=1S/C7H9NOS/c1-5-3-10-4-6(5)7(9)8-2/h3-4H,1-2H3,(H,8,9). The van der Waals surface area contributed by atoms with Gasteiger partial charge in [-0.15, -0.1) is 0 Å². The Morgan fingerprint density at radius 1 is 1.60 bits per heavy atom.